The van der Waals surface area contributed by atoms with E-state index >= 15 is 0 Å². The van der Waals surface area contributed by atoms with Gasteiger partial charge in [0.25, 0.3) is 0 Å². The first kappa shape index (κ1) is 16.0. The molecule has 0 aromatic heterocycles. The van der Waals surface area contributed by atoms with Crippen molar-refractivity contribution in [2.24, 2.45) is 17.6 Å². The lowest BCUT2D eigenvalue weighted by atomic mass is 9.86. The van der Waals surface area contributed by atoms with E-state index in [1.807, 2.05) is 13.8 Å². The standard InChI is InChI=1S/C14H27N3O2/c1-9(2)13(15)14(19)16-8-12(18)17-11-7-5-4-6-10(11)3/h9-11,13H,4-8,15H2,1-3H3,(H,16,19)(H,17,18)/t10?,11?,13-/m0/s1. The molecule has 5 nitrogen and oxygen atoms in total. The highest BCUT2D eigenvalue weighted by Crippen LogP contribution is 2.23. The van der Waals surface area contributed by atoms with Gasteiger partial charge in [-0.2, -0.15) is 0 Å². The Morgan fingerprint density at radius 2 is 1.89 bits per heavy atom. The predicted molar refractivity (Wildman–Crippen MR) is 75.4 cm³/mol. The molecule has 1 fully saturated rings. The molecule has 2 unspecified atom stereocenters. The average Bonchev–Trinajstić information content (AvgIpc) is 2.37. The normalized spacial score (nSPS) is 24.9. The van der Waals surface area contributed by atoms with Crippen LogP contribution in [0.15, 0.2) is 0 Å². The first-order valence-corrected chi connectivity index (χ1v) is 7.24. The van der Waals surface area contributed by atoms with E-state index in [0.29, 0.717) is 5.92 Å². The van der Waals surface area contributed by atoms with Crippen LogP contribution in [0, 0.1) is 11.8 Å². The van der Waals surface area contributed by atoms with Crippen molar-refractivity contribution in [3.05, 3.63) is 0 Å². The van der Waals surface area contributed by atoms with Gasteiger partial charge in [-0.3, -0.25) is 9.59 Å². The largest absolute Gasteiger partial charge is 0.352 e. The summed E-state index contributed by atoms with van der Waals surface area (Å²) in [5.41, 5.74) is 5.71. The molecule has 1 aliphatic rings. The van der Waals surface area contributed by atoms with E-state index in [2.05, 4.69) is 17.6 Å². The molecule has 0 aromatic carbocycles. The van der Waals surface area contributed by atoms with Crippen molar-refractivity contribution < 1.29 is 9.59 Å². The SMILES string of the molecule is CC1CCCCC1NC(=O)CNC(=O)[C@@H](N)C(C)C. The van der Waals surface area contributed by atoms with Crippen molar-refractivity contribution in [1.82, 2.24) is 10.6 Å². The lowest BCUT2D eigenvalue weighted by Gasteiger charge is -2.29. The van der Waals surface area contributed by atoms with E-state index in [0.717, 1.165) is 12.8 Å². The number of hydrogen-bond acceptors (Lipinski definition) is 3. The predicted octanol–water partition coefficient (Wildman–Crippen LogP) is 0.781. The Morgan fingerprint density at radius 3 is 2.47 bits per heavy atom. The van der Waals surface area contributed by atoms with Gasteiger partial charge in [-0.25, -0.2) is 0 Å². The monoisotopic (exact) mass is 269 g/mol. The molecule has 3 atom stereocenters. The number of rotatable bonds is 5. The number of carbonyl (C=O) groups excluding carboxylic acids is 2. The smallest absolute Gasteiger partial charge is 0.239 e. The molecular formula is C14H27N3O2. The van der Waals surface area contributed by atoms with Crippen LogP contribution in [0.2, 0.25) is 0 Å². The summed E-state index contributed by atoms with van der Waals surface area (Å²) in [4.78, 5) is 23.4. The van der Waals surface area contributed by atoms with Crippen molar-refractivity contribution >= 4 is 11.8 Å². The Labute approximate surface area is 115 Å². The molecule has 1 saturated carbocycles. The molecule has 0 spiro atoms. The minimum atomic E-state index is -0.554. The van der Waals surface area contributed by atoms with Crippen LogP contribution in [-0.4, -0.2) is 30.4 Å². The van der Waals surface area contributed by atoms with Gasteiger partial charge in [0.15, 0.2) is 0 Å². The van der Waals surface area contributed by atoms with Gasteiger partial charge >= 0.3 is 0 Å². The summed E-state index contributed by atoms with van der Waals surface area (Å²) in [7, 11) is 0. The van der Waals surface area contributed by atoms with Crippen molar-refractivity contribution in [1.29, 1.82) is 0 Å². The number of hydrogen-bond donors (Lipinski definition) is 3. The van der Waals surface area contributed by atoms with Gasteiger partial charge in [-0.05, 0) is 24.7 Å². The average molecular weight is 269 g/mol. The zero-order valence-electron chi connectivity index (χ0n) is 12.2. The highest BCUT2D eigenvalue weighted by Gasteiger charge is 2.23. The van der Waals surface area contributed by atoms with Gasteiger partial charge in [0, 0.05) is 6.04 Å². The van der Waals surface area contributed by atoms with Crippen LogP contribution in [0.1, 0.15) is 46.5 Å². The maximum atomic E-state index is 11.8. The number of nitrogens with two attached hydrogens (primary N) is 1. The van der Waals surface area contributed by atoms with E-state index < -0.39 is 6.04 Å². The third-order valence-electron chi connectivity index (χ3n) is 3.90. The summed E-state index contributed by atoms with van der Waals surface area (Å²) in [5.74, 6) is 0.206. The first-order chi connectivity index (χ1) is 8.91. The lowest BCUT2D eigenvalue weighted by Crippen LogP contribution is -2.49. The van der Waals surface area contributed by atoms with Crippen LogP contribution in [-0.2, 0) is 9.59 Å². The Bertz CT molecular complexity index is 318. The molecule has 110 valence electrons. The molecular weight excluding hydrogens is 242 g/mol. The fraction of sp³-hybridized carbons (Fsp3) is 0.857. The van der Waals surface area contributed by atoms with E-state index in [-0.39, 0.29) is 30.3 Å². The van der Waals surface area contributed by atoms with Gasteiger partial charge in [0.05, 0.1) is 12.6 Å². The Kier molecular flexibility index (Phi) is 6.28. The zero-order chi connectivity index (χ0) is 14.4. The molecule has 0 bridgehead atoms. The topological polar surface area (TPSA) is 84.2 Å². The second-order valence-electron chi connectivity index (χ2n) is 5.92. The second kappa shape index (κ2) is 7.48. The molecule has 0 aliphatic heterocycles. The first-order valence-electron chi connectivity index (χ1n) is 7.24. The Hall–Kier alpha value is -1.10. The zero-order valence-corrected chi connectivity index (χ0v) is 12.2. The molecule has 4 N–H and O–H groups in total. The Morgan fingerprint density at radius 1 is 1.26 bits per heavy atom. The summed E-state index contributed by atoms with van der Waals surface area (Å²) in [5, 5.41) is 5.59. The van der Waals surface area contributed by atoms with E-state index in [1.54, 1.807) is 0 Å². The number of amides is 2. The molecule has 0 aromatic rings. The van der Waals surface area contributed by atoms with Crippen LogP contribution in [0.25, 0.3) is 0 Å². The molecule has 1 aliphatic carbocycles. The van der Waals surface area contributed by atoms with Crippen LogP contribution >= 0.6 is 0 Å². The summed E-state index contributed by atoms with van der Waals surface area (Å²) in [6, 6.07) is -0.307. The molecule has 2 amide bonds. The molecule has 5 heteroatoms. The molecule has 0 radical (unpaired) electrons. The summed E-state index contributed by atoms with van der Waals surface area (Å²) < 4.78 is 0. The van der Waals surface area contributed by atoms with Crippen molar-refractivity contribution in [2.45, 2.75) is 58.5 Å². The third-order valence-corrected chi connectivity index (χ3v) is 3.90. The molecule has 1 rings (SSSR count). The third kappa shape index (κ3) is 5.19. The highest BCUT2D eigenvalue weighted by atomic mass is 16.2. The van der Waals surface area contributed by atoms with Crippen molar-refractivity contribution in [3.63, 3.8) is 0 Å². The minimum absolute atomic E-state index is 0.0163. The number of carbonyl (C=O) groups is 2. The lowest BCUT2D eigenvalue weighted by molar-refractivity contribution is -0.127. The van der Waals surface area contributed by atoms with Crippen LogP contribution in [0.4, 0.5) is 0 Å². The van der Waals surface area contributed by atoms with Gasteiger partial charge in [-0.15, -0.1) is 0 Å². The minimum Gasteiger partial charge on any atom is -0.352 e. The summed E-state index contributed by atoms with van der Waals surface area (Å²) in [6.07, 6.45) is 4.61. The highest BCUT2D eigenvalue weighted by molar-refractivity contribution is 5.87. The van der Waals surface area contributed by atoms with E-state index in [1.165, 1.54) is 12.8 Å². The van der Waals surface area contributed by atoms with Gasteiger partial charge < -0.3 is 16.4 Å². The van der Waals surface area contributed by atoms with E-state index in [4.69, 9.17) is 5.73 Å². The maximum Gasteiger partial charge on any atom is 0.239 e. The molecule has 19 heavy (non-hydrogen) atoms. The summed E-state index contributed by atoms with van der Waals surface area (Å²) in [6.45, 7) is 5.95. The van der Waals surface area contributed by atoms with Crippen LogP contribution in [0.3, 0.4) is 0 Å². The van der Waals surface area contributed by atoms with Gasteiger partial charge in [-0.1, -0.05) is 33.6 Å². The molecule has 0 heterocycles. The second-order valence-corrected chi connectivity index (χ2v) is 5.92. The van der Waals surface area contributed by atoms with Crippen molar-refractivity contribution in [3.8, 4) is 0 Å². The Balaban J connectivity index is 2.29. The summed E-state index contributed by atoms with van der Waals surface area (Å²) >= 11 is 0. The van der Waals surface area contributed by atoms with E-state index in [9.17, 15) is 9.59 Å². The molecule has 0 saturated heterocycles. The fourth-order valence-electron chi connectivity index (χ4n) is 2.38. The maximum absolute atomic E-state index is 11.8. The fourth-order valence-corrected chi connectivity index (χ4v) is 2.38. The van der Waals surface area contributed by atoms with Crippen molar-refractivity contribution in [2.75, 3.05) is 6.54 Å². The van der Waals surface area contributed by atoms with Gasteiger partial charge in [0.1, 0.15) is 0 Å². The van der Waals surface area contributed by atoms with Crippen LogP contribution in [0.5, 0.6) is 0 Å². The number of nitrogens with one attached hydrogen (secondary N) is 2. The quantitative estimate of drug-likeness (QED) is 0.689. The van der Waals surface area contributed by atoms with Gasteiger partial charge in [0.2, 0.25) is 11.8 Å². The van der Waals surface area contributed by atoms with Crippen LogP contribution < -0.4 is 16.4 Å².